The first-order valence-corrected chi connectivity index (χ1v) is 7.45. The molecule has 3 rings (SSSR count). The largest absolute Gasteiger partial charge is 0.348 e. The van der Waals surface area contributed by atoms with Gasteiger partial charge in [-0.05, 0) is 34.7 Å². The molecule has 4 heteroatoms. The summed E-state index contributed by atoms with van der Waals surface area (Å²) in [4.78, 5) is 12.3. The summed E-state index contributed by atoms with van der Waals surface area (Å²) in [5.41, 5.74) is 5.73. The van der Waals surface area contributed by atoms with E-state index in [1.165, 1.54) is 11.1 Å². The van der Waals surface area contributed by atoms with Gasteiger partial charge in [0.25, 0.3) is 5.91 Å². The Hall–Kier alpha value is -1.84. The minimum absolute atomic E-state index is 0. The number of carbonyl (C=O) groups excluding carboxylic acids is 1. The summed E-state index contributed by atoms with van der Waals surface area (Å²) in [7, 11) is 0. The van der Waals surface area contributed by atoms with E-state index in [9.17, 15) is 4.79 Å². The smallest absolute Gasteiger partial charge is 0.251 e. The van der Waals surface area contributed by atoms with Crippen LogP contribution in [0.4, 0.5) is 0 Å². The molecule has 0 saturated heterocycles. The van der Waals surface area contributed by atoms with Gasteiger partial charge in [0, 0.05) is 25.2 Å². The molecule has 1 amide bonds. The third kappa shape index (κ3) is 3.49. The second-order valence-electron chi connectivity index (χ2n) is 5.40. The number of benzene rings is 2. The van der Waals surface area contributed by atoms with Gasteiger partial charge in [-0.1, -0.05) is 43.3 Å². The molecule has 2 aromatic carbocycles. The average Bonchev–Trinajstić information content (AvgIpc) is 3.00. The number of carbonyl (C=O) groups is 1. The Kier molecular flexibility index (Phi) is 5.58. The molecular weight excluding hydrogens is 296 g/mol. The molecule has 0 atom stereocenters. The van der Waals surface area contributed by atoms with Crippen LogP contribution in [0.25, 0.3) is 0 Å². The molecule has 0 spiro atoms. The van der Waals surface area contributed by atoms with Crippen molar-refractivity contribution < 1.29 is 4.79 Å². The average molecular weight is 317 g/mol. The van der Waals surface area contributed by atoms with E-state index in [4.69, 9.17) is 0 Å². The highest BCUT2D eigenvalue weighted by atomic mass is 35.5. The molecule has 2 aromatic rings. The number of hydrogen-bond acceptors (Lipinski definition) is 2. The summed E-state index contributed by atoms with van der Waals surface area (Å²) < 4.78 is 0. The first-order valence-electron chi connectivity index (χ1n) is 7.45. The van der Waals surface area contributed by atoms with E-state index >= 15 is 0 Å². The Balaban J connectivity index is 0.00000176. The van der Waals surface area contributed by atoms with Gasteiger partial charge in [-0.2, -0.15) is 0 Å². The molecule has 1 heterocycles. The molecule has 0 radical (unpaired) electrons. The molecule has 3 nitrogen and oxygen atoms in total. The van der Waals surface area contributed by atoms with Crippen LogP contribution < -0.4 is 10.6 Å². The Morgan fingerprint density at radius 2 is 1.91 bits per heavy atom. The van der Waals surface area contributed by atoms with E-state index in [-0.39, 0.29) is 18.3 Å². The molecular formula is C18H21ClN2O. The third-order valence-electron chi connectivity index (χ3n) is 4.00. The molecule has 0 bridgehead atoms. The highest BCUT2D eigenvalue weighted by Gasteiger charge is 2.12. The quantitative estimate of drug-likeness (QED) is 0.909. The first-order chi connectivity index (χ1) is 10.3. The van der Waals surface area contributed by atoms with Gasteiger partial charge in [-0.3, -0.25) is 4.79 Å². The van der Waals surface area contributed by atoms with Crippen LogP contribution in [-0.4, -0.2) is 5.91 Å². The fraction of sp³-hybridized carbons (Fsp3) is 0.278. The molecule has 2 N–H and O–H groups in total. The van der Waals surface area contributed by atoms with E-state index in [2.05, 4.69) is 35.8 Å². The van der Waals surface area contributed by atoms with Gasteiger partial charge in [0.2, 0.25) is 0 Å². The zero-order valence-electron chi connectivity index (χ0n) is 12.7. The monoisotopic (exact) mass is 316 g/mol. The van der Waals surface area contributed by atoms with E-state index in [1.807, 2.05) is 24.3 Å². The zero-order valence-corrected chi connectivity index (χ0v) is 13.5. The van der Waals surface area contributed by atoms with Gasteiger partial charge >= 0.3 is 0 Å². The van der Waals surface area contributed by atoms with E-state index in [1.54, 1.807) is 0 Å². The van der Waals surface area contributed by atoms with Gasteiger partial charge in [0.15, 0.2) is 0 Å². The maximum absolute atomic E-state index is 12.3. The van der Waals surface area contributed by atoms with Crippen LogP contribution in [0.2, 0.25) is 0 Å². The number of hydrogen-bond donors (Lipinski definition) is 2. The van der Waals surface area contributed by atoms with E-state index in [0.29, 0.717) is 6.54 Å². The predicted molar refractivity (Wildman–Crippen MR) is 91.2 cm³/mol. The molecule has 0 fully saturated rings. The second-order valence-corrected chi connectivity index (χ2v) is 5.40. The van der Waals surface area contributed by atoms with Crippen LogP contribution >= 0.6 is 12.4 Å². The van der Waals surface area contributed by atoms with Crippen LogP contribution in [0.5, 0.6) is 0 Å². The zero-order chi connectivity index (χ0) is 14.7. The number of amides is 1. The van der Waals surface area contributed by atoms with Crippen molar-refractivity contribution in [3.05, 3.63) is 70.3 Å². The van der Waals surface area contributed by atoms with E-state index in [0.717, 1.165) is 36.2 Å². The van der Waals surface area contributed by atoms with Crippen LogP contribution in [0.1, 0.15) is 39.5 Å². The van der Waals surface area contributed by atoms with Crippen molar-refractivity contribution in [2.75, 3.05) is 0 Å². The molecule has 1 aliphatic heterocycles. The van der Waals surface area contributed by atoms with Gasteiger partial charge in [0.1, 0.15) is 0 Å². The summed E-state index contributed by atoms with van der Waals surface area (Å²) >= 11 is 0. The molecule has 1 aliphatic rings. The predicted octanol–water partition coefficient (Wildman–Crippen LogP) is 3.20. The number of nitrogens with one attached hydrogen (secondary N) is 2. The van der Waals surface area contributed by atoms with Crippen molar-refractivity contribution in [3.8, 4) is 0 Å². The fourth-order valence-electron chi connectivity index (χ4n) is 2.79. The van der Waals surface area contributed by atoms with Crippen LogP contribution in [0.15, 0.2) is 42.5 Å². The van der Waals surface area contributed by atoms with Crippen molar-refractivity contribution in [3.63, 3.8) is 0 Å². The third-order valence-corrected chi connectivity index (χ3v) is 4.00. The number of halogens is 1. The lowest BCUT2D eigenvalue weighted by Crippen LogP contribution is -2.24. The summed E-state index contributed by atoms with van der Waals surface area (Å²) in [6.07, 6.45) is 0.869. The van der Waals surface area contributed by atoms with Crippen molar-refractivity contribution in [1.82, 2.24) is 10.6 Å². The molecule has 22 heavy (non-hydrogen) atoms. The Bertz CT molecular complexity index is 670. The lowest BCUT2D eigenvalue weighted by molar-refractivity contribution is 0.0950. The second kappa shape index (κ2) is 7.43. The highest BCUT2D eigenvalue weighted by molar-refractivity contribution is 5.95. The van der Waals surface area contributed by atoms with Gasteiger partial charge in [0.05, 0.1) is 0 Å². The normalized spacial score (nSPS) is 12.4. The standard InChI is InChI=1S/C18H20N2O.ClH/c1-2-14-5-3-4-6-17(14)18(21)20-10-13-7-8-15-11-19-12-16(15)9-13;/h3-9,19H,2,10-12H2,1H3,(H,20,21);1H. The number of fused-ring (bicyclic) bond motifs is 1. The maximum Gasteiger partial charge on any atom is 0.251 e. The minimum atomic E-state index is 0. The molecule has 0 unspecified atom stereocenters. The summed E-state index contributed by atoms with van der Waals surface area (Å²) in [5, 5.41) is 6.36. The topological polar surface area (TPSA) is 41.1 Å². The van der Waals surface area contributed by atoms with Crippen molar-refractivity contribution in [2.45, 2.75) is 33.0 Å². The van der Waals surface area contributed by atoms with Gasteiger partial charge in [-0.15, -0.1) is 12.4 Å². The SMILES string of the molecule is CCc1ccccc1C(=O)NCc1ccc2c(c1)CNC2.Cl. The van der Waals surface area contributed by atoms with Crippen molar-refractivity contribution >= 4 is 18.3 Å². The summed E-state index contributed by atoms with van der Waals surface area (Å²) in [5.74, 6) is 0.00562. The minimum Gasteiger partial charge on any atom is -0.348 e. The molecule has 116 valence electrons. The maximum atomic E-state index is 12.3. The molecule has 0 saturated carbocycles. The first kappa shape index (κ1) is 16.5. The number of aryl methyl sites for hydroxylation is 1. The van der Waals surface area contributed by atoms with E-state index < -0.39 is 0 Å². The van der Waals surface area contributed by atoms with Crippen LogP contribution in [0, 0.1) is 0 Å². The van der Waals surface area contributed by atoms with Crippen LogP contribution in [-0.2, 0) is 26.1 Å². The summed E-state index contributed by atoms with van der Waals surface area (Å²) in [6, 6.07) is 14.2. The van der Waals surface area contributed by atoms with Crippen molar-refractivity contribution in [1.29, 1.82) is 0 Å². The lowest BCUT2D eigenvalue weighted by Gasteiger charge is -2.10. The number of rotatable bonds is 4. The Morgan fingerprint density at radius 3 is 2.73 bits per heavy atom. The molecule has 0 aromatic heterocycles. The van der Waals surface area contributed by atoms with Gasteiger partial charge in [-0.25, -0.2) is 0 Å². The fourth-order valence-corrected chi connectivity index (χ4v) is 2.79. The Morgan fingerprint density at radius 1 is 1.14 bits per heavy atom. The molecule has 0 aliphatic carbocycles. The lowest BCUT2D eigenvalue weighted by atomic mass is 10.0. The van der Waals surface area contributed by atoms with Crippen LogP contribution in [0.3, 0.4) is 0 Å². The highest BCUT2D eigenvalue weighted by Crippen LogP contribution is 2.17. The van der Waals surface area contributed by atoms with Crippen molar-refractivity contribution in [2.24, 2.45) is 0 Å². The Labute approximate surface area is 137 Å². The van der Waals surface area contributed by atoms with Gasteiger partial charge < -0.3 is 10.6 Å². The summed E-state index contributed by atoms with van der Waals surface area (Å²) in [6.45, 7) is 4.52.